The van der Waals surface area contributed by atoms with Gasteiger partial charge in [-0.3, -0.25) is 14.7 Å². The summed E-state index contributed by atoms with van der Waals surface area (Å²) in [5.74, 6) is 0.556. The summed E-state index contributed by atoms with van der Waals surface area (Å²) >= 11 is 1.52. The van der Waals surface area contributed by atoms with Crippen molar-refractivity contribution in [1.29, 1.82) is 0 Å². The summed E-state index contributed by atoms with van der Waals surface area (Å²) in [4.78, 5) is 32.3. The molecule has 0 saturated heterocycles. The SMILES string of the molecule is O=c1cc(CSc2ccccn2)[nH]c2[nH]n(-c3ccccc3)c(=O)c12. The van der Waals surface area contributed by atoms with E-state index in [-0.39, 0.29) is 16.4 Å². The van der Waals surface area contributed by atoms with E-state index in [1.165, 1.54) is 22.5 Å². The van der Waals surface area contributed by atoms with Crippen LogP contribution in [-0.4, -0.2) is 19.7 Å². The number of hydrogen-bond donors (Lipinski definition) is 2. The van der Waals surface area contributed by atoms with Crippen molar-refractivity contribution in [2.75, 3.05) is 0 Å². The van der Waals surface area contributed by atoms with Gasteiger partial charge in [0.1, 0.15) is 11.0 Å². The van der Waals surface area contributed by atoms with Crippen molar-refractivity contribution in [3.05, 3.63) is 87.1 Å². The minimum atomic E-state index is -0.355. The lowest BCUT2D eigenvalue weighted by atomic mass is 10.3. The van der Waals surface area contributed by atoms with Gasteiger partial charge in [-0.05, 0) is 24.3 Å². The first-order chi connectivity index (χ1) is 12.2. The Morgan fingerprint density at radius 1 is 1.04 bits per heavy atom. The Labute approximate surface area is 146 Å². The van der Waals surface area contributed by atoms with Gasteiger partial charge < -0.3 is 4.98 Å². The second kappa shape index (κ2) is 6.45. The monoisotopic (exact) mass is 350 g/mol. The van der Waals surface area contributed by atoms with Gasteiger partial charge in [0.05, 0.1) is 10.7 Å². The molecule has 0 aliphatic rings. The first-order valence-electron chi connectivity index (χ1n) is 7.68. The predicted molar refractivity (Wildman–Crippen MR) is 98.3 cm³/mol. The Bertz CT molecular complexity index is 1130. The number of aromatic amines is 2. The van der Waals surface area contributed by atoms with E-state index in [0.717, 1.165) is 10.7 Å². The van der Waals surface area contributed by atoms with Gasteiger partial charge in [-0.25, -0.2) is 9.67 Å². The molecule has 25 heavy (non-hydrogen) atoms. The molecule has 2 N–H and O–H groups in total. The molecule has 0 aliphatic carbocycles. The Balaban J connectivity index is 1.73. The zero-order chi connectivity index (χ0) is 17.2. The molecule has 0 aliphatic heterocycles. The molecule has 0 spiro atoms. The number of fused-ring (bicyclic) bond motifs is 1. The highest BCUT2D eigenvalue weighted by atomic mass is 32.2. The molecule has 3 heterocycles. The normalized spacial score (nSPS) is 11.0. The molecule has 7 heteroatoms. The molecule has 0 unspecified atom stereocenters. The van der Waals surface area contributed by atoms with Crippen LogP contribution in [0.5, 0.6) is 0 Å². The van der Waals surface area contributed by atoms with E-state index < -0.39 is 0 Å². The molecule has 3 aromatic heterocycles. The summed E-state index contributed by atoms with van der Waals surface area (Å²) in [6.07, 6.45) is 1.73. The standard InChI is InChI=1S/C18H14N4O2S/c23-14-10-12(11-25-15-8-4-5-9-19-15)20-17-16(14)18(24)22(21-17)13-6-2-1-3-7-13/h1-10H,11H2,(H2,20,21,23). The number of benzene rings is 1. The largest absolute Gasteiger partial charge is 0.343 e. The summed E-state index contributed by atoms with van der Waals surface area (Å²) in [6, 6.07) is 16.3. The fraction of sp³-hybridized carbons (Fsp3) is 0.0556. The first kappa shape index (κ1) is 15.5. The molecule has 0 radical (unpaired) electrons. The van der Waals surface area contributed by atoms with Crippen molar-refractivity contribution >= 4 is 22.8 Å². The summed E-state index contributed by atoms with van der Waals surface area (Å²) in [5, 5.41) is 3.99. The van der Waals surface area contributed by atoms with Crippen LogP contribution in [0.2, 0.25) is 0 Å². The average molecular weight is 350 g/mol. The minimum absolute atomic E-state index is 0.135. The third-order valence-corrected chi connectivity index (χ3v) is 4.75. The van der Waals surface area contributed by atoms with Crippen molar-refractivity contribution < 1.29 is 0 Å². The van der Waals surface area contributed by atoms with Crippen LogP contribution in [0.1, 0.15) is 5.69 Å². The fourth-order valence-corrected chi connectivity index (χ4v) is 3.37. The molecule has 4 rings (SSSR count). The minimum Gasteiger partial charge on any atom is -0.343 e. The molecular weight excluding hydrogens is 336 g/mol. The van der Waals surface area contributed by atoms with Gasteiger partial charge in [0.25, 0.3) is 5.56 Å². The number of nitrogens with one attached hydrogen (secondary N) is 2. The molecule has 6 nitrogen and oxygen atoms in total. The summed E-state index contributed by atoms with van der Waals surface area (Å²) < 4.78 is 1.37. The van der Waals surface area contributed by atoms with Crippen molar-refractivity contribution in [2.24, 2.45) is 0 Å². The number of thioether (sulfide) groups is 1. The highest BCUT2D eigenvalue weighted by Gasteiger charge is 2.13. The quantitative estimate of drug-likeness (QED) is 0.554. The van der Waals surface area contributed by atoms with Crippen LogP contribution >= 0.6 is 11.8 Å². The van der Waals surface area contributed by atoms with Gasteiger partial charge in [-0.15, -0.1) is 11.8 Å². The highest BCUT2D eigenvalue weighted by Crippen LogP contribution is 2.19. The molecule has 0 amide bonds. The van der Waals surface area contributed by atoms with E-state index in [9.17, 15) is 9.59 Å². The smallest absolute Gasteiger partial charge is 0.284 e. The molecule has 4 aromatic rings. The van der Waals surface area contributed by atoms with Crippen LogP contribution < -0.4 is 11.0 Å². The van der Waals surface area contributed by atoms with Crippen molar-refractivity contribution in [1.82, 2.24) is 19.7 Å². The predicted octanol–water partition coefficient (Wildman–Crippen LogP) is 2.69. The van der Waals surface area contributed by atoms with E-state index in [1.807, 2.05) is 36.4 Å². The summed E-state index contributed by atoms with van der Waals surface area (Å²) in [7, 11) is 0. The Kier molecular flexibility index (Phi) is 3.99. The lowest BCUT2D eigenvalue weighted by Crippen LogP contribution is -2.18. The van der Waals surface area contributed by atoms with Crippen molar-refractivity contribution in [2.45, 2.75) is 10.8 Å². The maximum atomic E-state index is 12.5. The lowest BCUT2D eigenvalue weighted by Gasteiger charge is -2.01. The molecule has 1 aromatic carbocycles. The third-order valence-electron chi connectivity index (χ3n) is 3.76. The highest BCUT2D eigenvalue weighted by molar-refractivity contribution is 7.98. The van der Waals surface area contributed by atoms with Gasteiger partial charge in [0.2, 0.25) is 0 Å². The van der Waals surface area contributed by atoms with Gasteiger partial charge in [-0.2, -0.15) is 0 Å². The van der Waals surface area contributed by atoms with Crippen molar-refractivity contribution in [3.63, 3.8) is 0 Å². The summed E-state index contributed by atoms with van der Waals surface area (Å²) in [6.45, 7) is 0. The van der Waals surface area contributed by atoms with Gasteiger partial charge in [0.15, 0.2) is 5.43 Å². The second-order valence-corrected chi connectivity index (χ2v) is 6.45. The summed E-state index contributed by atoms with van der Waals surface area (Å²) in [5.41, 5.74) is 1.20. The maximum absolute atomic E-state index is 12.5. The van der Waals surface area contributed by atoms with E-state index >= 15 is 0 Å². The Morgan fingerprint density at radius 2 is 1.84 bits per heavy atom. The lowest BCUT2D eigenvalue weighted by molar-refractivity contribution is 0.857. The van der Waals surface area contributed by atoms with Crippen molar-refractivity contribution in [3.8, 4) is 5.69 Å². The number of H-pyrrole nitrogens is 2. The number of nitrogens with zero attached hydrogens (tertiary/aromatic N) is 2. The molecule has 0 bridgehead atoms. The van der Waals surface area contributed by atoms with Crippen LogP contribution in [0.25, 0.3) is 16.7 Å². The van der Waals surface area contributed by atoms with Gasteiger partial charge in [-0.1, -0.05) is 24.3 Å². The Hall–Kier alpha value is -3.06. The molecule has 0 atom stereocenters. The van der Waals surface area contributed by atoms with E-state index in [0.29, 0.717) is 17.1 Å². The zero-order valence-corrected chi connectivity index (χ0v) is 13.9. The van der Waals surface area contributed by atoms with E-state index in [2.05, 4.69) is 15.1 Å². The van der Waals surface area contributed by atoms with Gasteiger partial charge in [0, 0.05) is 23.7 Å². The molecule has 124 valence electrons. The Morgan fingerprint density at radius 3 is 2.60 bits per heavy atom. The number of para-hydroxylation sites is 1. The van der Waals surface area contributed by atoms with Crippen LogP contribution in [0, 0.1) is 0 Å². The van der Waals surface area contributed by atoms with Crippen LogP contribution in [-0.2, 0) is 5.75 Å². The van der Waals surface area contributed by atoms with E-state index in [4.69, 9.17) is 0 Å². The van der Waals surface area contributed by atoms with Crippen LogP contribution in [0.15, 0.2) is 75.4 Å². The number of hydrogen-bond acceptors (Lipinski definition) is 4. The number of pyridine rings is 2. The average Bonchev–Trinajstić information content (AvgIpc) is 2.99. The maximum Gasteiger partial charge on any atom is 0.284 e. The molecule has 0 saturated carbocycles. The number of rotatable bonds is 4. The molecule has 0 fully saturated rings. The topological polar surface area (TPSA) is 83.5 Å². The molecular formula is C18H14N4O2S. The zero-order valence-electron chi connectivity index (χ0n) is 13.1. The number of aromatic nitrogens is 4. The fourth-order valence-electron chi connectivity index (χ4n) is 2.60. The third kappa shape index (κ3) is 3.01. The van der Waals surface area contributed by atoms with Crippen LogP contribution in [0.3, 0.4) is 0 Å². The second-order valence-electron chi connectivity index (χ2n) is 5.45. The van der Waals surface area contributed by atoms with E-state index in [1.54, 1.807) is 18.3 Å². The van der Waals surface area contributed by atoms with Gasteiger partial charge >= 0.3 is 0 Å². The first-order valence-corrected chi connectivity index (χ1v) is 8.67. The van der Waals surface area contributed by atoms with Crippen LogP contribution in [0.4, 0.5) is 0 Å².